The third-order valence-corrected chi connectivity index (χ3v) is 5.69. The highest BCUT2D eigenvalue weighted by Crippen LogP contribution is 2.40. The summed E-state index contributed by atoms with van der Waals surface area (Å²) in [5.74, 6) is -4.10. The van der Waals surface area contributed by atoms with Crippen molar-refractivity contribution in [1.29, 1.82) is 0 Å². The Hall–Kier alpha value is -1.62. The second kappa shape index (κ2) is 8.73. The molecule has 0 aromatic carbocycles. The molecule has 0 rings (SSSR count). The summed E-state index contributed by atoms with van der Waals surface area (Å²) >= 11 is 0. The summed E-state index contributed by atoms with van der Waals surface area (Å²) in [5.41, 5.74) is 16.1. The largest absolute Gasteiger partial charge is 0.480 e. The van der Waals surface area contributed by atoms with E-state index >= 15 is 0 Å². The first-order valence-corrected chi connectivity index (χ1v) is 8.14. The summed E-state index contributed by atoms with van der Waals surface area (Å²) in [6.45, 7) is 6.54. The van der Waals surface area contributed by atoms with Gasteiger partial charge in [0.2, 0.25) is 5.91 Å². The first-order valence-electron chi connectivity index (χ1n) is 5.82. The normalized spacial score (nSPS) is 13.7. The van der Waals surface area contributed by atoms with Crippen LogP contribution in [0.4, 0.5) is 0 Å². The Labute approximate surface area is 134 Å². The zero-order chi connectivity index (χ0) is 17.5. The number of nitrogens with two attached hydrogens (primary N) is 3. The number of ketones is 2. The van der Waals surface area contributed by atoms with Gasteiger partial charge in [-0.2, -0.15) is 0 Å². The number of primary amides is 1. The Morgan fingerprint density at radius 2 is 1.59 bits per heavy atom. The van der Waals surface area contributed by atoms with E-state index in [1.165, 1.54) is 0 Å². The summed E-state index contributed by atoms with van der Waals surface area (Å²) < 4.78 is -2.06. The number of amides is 1. The van der Waals surface area contributed by atoms with Crippen LogP contribution in [0.3, 0.4) is 0 Å². The van der Waals surface area contributed by atoms with E-state index in [-0.39, 0.29) is 5.75 Å². The van der Waals surface area contributed by atoms with E-state index in [1.807, 2.05) is 0 Å². The van der Waals surface area contributed by atoms with Gasteiger partial charge in [-0.25, -0.2) is 0 Å². The van der Waals surface area contributed by atoms with Crippen LogP contribution in [-0.4, -0.2) is 51.1 Å². The third kappa shape index (κ3) is 4.44. The summed E-state index contributed by atoms with van der Waals surface area (Å²) in [6, 6.07) is -2.85. The van der Waals surface area contributed by atoms with Gasteiger partial charge in [-0.15, -0.1) is 0 Å². The number of hydrogen-bond acceptors (Lipinski definition) is 8. The molecule has 0 saturated carbocycles. The maximum atomic E-state index is 12.1. The lowest BCUT2D eigenvalue weighted by molar-refractivity contribution is -0.138. The van der Waals surface area contributed by atoms with Gasteiger partial charge < -0.3 is 22.3 Å². The highest BCUT2D eigenvalue weighted by molar-refractivity contribution is 8.77. The van der Waals surface area contributed by atoms with E-state index in [1.54, 1.807) is 0 Å². The first-order chi connectivity index (χ1) is 10.1. The van der Waals surface area contributed by atoms with Crippen LogP contribution < -0.4 is 17.2 Å². The highest BCUT2D eigenvalue weighted by atomic mass is 33.1. The summed E-state index contributed by atoms with van der Waals surface area (Å²) in [5, 5.41) is 8.71. The lowest BCUT2D eigenvalue weighted by Crippen LogP contribution is -2.61. The molecule has 8 nitrogen and oxygen atoms in total. The molecule has 7 N–H and O–H groups in total. The van der Waals surface area contributed by atoms with Crippen LogP contribution in [0.25, 0.3) is 0 Å². The molecule has 0 aromatic rings. The van der Waals surface area contributed by atoms with Crippen LogP contribution in [0.2, 0.25) is 0 Å². The van der Waals surface area contributed by atoms with Crippen molar-refractivity contribution in [3.63, 3.8) is 0 Å². The standard InChI is InChI=1S/C12H17N3O5S2/c1-3-7(16)12(8(17)4-2,9(14)10(15)18)22-21-5-6(13)11(19)20/h3-4,6,9H,1-2,5,13-14H2,(H2,15,18)(H,19,20)/t6-,9+/m0/s1. The molecule has 0 aromatic heterocycles. The minimum atomic E-state index is -2.06. The van der Waals surface area contributed by atoms with Crippen molar-refractivity contribution < 1.29 is 24.3 Å². The molecular weight excluding hydrogens is 330 g/mol. The lowest BCUT2D eigenvalue weighted by atomic mass is 9.89. The van der Waals surface area contributed by atoms with Gasteiger partial charge in [-0.3, -0.25) is 19.2 Å². The molecule has 122 valence electrons. The molecule has 0 fully saturated rings. The third-order valence-electron chi connectivity index (χ3n) is 2.60. The molecule has 0 saturated heterocycles. The van der Waals surface area contributed by atoms with Gasteiger partial charge in [-0.1, -0.05) is 34.7 Å². The van der Waals surface area contributed by atoms with Gasteiger partial charge in [0.1, 0.15) is 12.1 Å². The molecule has 0 heterocycles. The number of carboxylic acid groups (broad SMARTS) is 1. The van der Waals surface area contributed by atoms with E-state index in [0.29, 0.717) is 10.8 Å². The Kier molecular flexibility index (Phi) is 8.09. The number of carbonyl (C=O) groups excluding carboxylic acids is 3. The van der Waals surface area contributed by atoms with Crippen molar-refractivity contribution in [1.82, 2.24) is 0 Å². The SMILES string of the molecule is C=CC(=O)C(SSC[C@H](N)C(=O)O)(C(=O)C=C)[C@H](N)C(N)=O. The van der Waals surface area contributed by atoms with Gasteiger partial charge >= 0.3 is 5.97 Å². The molecule has 10 heteroatoms. The van der Waals surface area contributed by atoms with E-state index in [9.17, 15) is 19.2 Å². The monoisotopic (exact) mass is 347 g/mol. The summed E-state index contributed by atoms with van der Waals surface area (Å²) in [7, 11) is 1.44. The summed E-state index contributed by atoms with van der Waals surface area (Å²) in [4.78, 5) is 46.3. The van der Waals surface area contributed by atoms with E-state index in [2.05, 4.69) is 13.2 Å². The average molecular weight is 347 g/mol. The average Bonchev–Trinajstić information content (AvgIpc) is 2.48. The molecule has 0 aliphatic carbocycles. The zero-order valence-corrected chi connectivity index (χ0v) is 13.2. The predicted molar refractivity (Wildman–Crippen MR) is 86.0 cm³/mol. The first kappa shape index (κ1) is 20.4. The Morgan fingerprint density at radius 1 is 1.14 bits per heavy atom. The summed E-state index contributed by atoms with van der Waals surface area (Å²) in [6.07, 6.45) is 1.68. The fourth-order valence-corrected chi connectivity index (χ4v) is 4.44. The fourth-order valence-electron chi connectivity index (χ4n) is 1.34. The smallest absolute Gasteiger partial charge is 0.321 e. The van der Waals surface area contributed by atoms with Crippen molar-refractivity contribution >= 4 is 45.0 Å². The number of carbonyl (C=O) groups is 4. The predicted octanol–water partition coefficient (Wildman–Crippen LogP) is -1.16. The number of carboxylic acids is 1. The van der Waals surface area contributed by atoms with Crippen molar-refractivity contribution in [2.75, 3.05) is 5.75 Å². The Balaban J connectivity index is 5.55. The fraction of sp³-hybridized carbons (Fsp3) is 0.333. The second-order valence-electron chi connectivity index (χ2n) is 4.07. The van der Waals surface area contributed by atoms with Gasteiger partial charge in [0, 0.05) is 5.75 Å². The Bertz CT molecular complexity index is 489. The number of rotatable bonds is 11. The minimum absolute atomic E-state index is 0.123. The number of hydrogen-bond donors (Lipinski definition) is 4. The maximum Gasteiger partial charge on any atom is 0.321 e. The van der Waals surface area contributed by atoms with E-state index in [4.69, 9.17) is 22.3 Å². The molecule has 22 heavy (non-hydrogen) atoms. The van der Waals surface area contributed by atoms with Gasteiger partial charge in [-0.05, 0) is 12.2 Å². The molecule has 0 spiro atoms. The maximum absolute atomic E-state index is 12.1. The zero-order valence-electron chi connectivity index (χ0n) is 11.6. The van der Waals surface area contributed by atoms with Gasteiger partial charge in [0.25, 0.3) is 0 Å². The minimum Gasteiger partial charge on any atom is -0.480 e. The van der Waals surface area contributed by atoms with Crippen LogP contribution >= 0.6 is 21.6 Å². The molecule has 0 aliphatic heterocycles. The van der Waals surface area contributed by atoms with Crippen LogP contribution in [0.1, 0.15) is 0 Å². The van der Waals surface area contributed by atoms with Crippen LogP contribution in [-0.2, 0) is 19.2 Å². The molecule has 0 radical (unpaired) electrons. The van der Waals surface area contributed by atoms with Crippen molar-refractivity contribution in [2.24, 2.45) is 17.2 Å². The van der Waals surface area contributed by atoms with Crippen molar-refractivity contribution in [2.45, 2.75) is 16.8 Å². The Morgan fingerprint density at radius 3 is 1.91 bits per heavy atom. The van der Waals surface area contributed by atoms with Crippen LogP contribution in [0, 0.1) is 0 Å². The molecule has 2 atom stereocenters. The lowest BCUT2D eigenvalue weighted by Gasteiger charge is -2.31. The molecule has 0 bridgehead atoms. The molecule has 1 amide bonds. The van der Waals surface area contributed by atoms with Crippen LogP contribution in [0.5, 0.6) is 0 Å². The van der Waals surface area contributed by atoms with Crippen molar-refractivity contribution in [3.8, 4) is 0 Å². The van der Waals surface area contributed by atoms with E-state index < -0.39 is 40.3 Å². The molecular formula is C12H17N3O5S2. The van der Waals surface area contributed by atoms with Crippen LogP contribution in [0.15, 0.2) is 25.3 Å². The molecule has 0 unspecified atom stereocenters. The topological polar surface area (TPSA) is 167 Å². The van der Waals surface area contributed by atoms with Crippen molar-refractivity contribution in [3.05, 3.63) is 25.3 Å². The molecule has 0 aliphatic rings. The number of aliphatic carboxylic acids is 1. The van der Waals surface area contributed by atoms with E-state index in [0.717, 1.165) is 22.9 Å². The van der Waals surface area contributed by atoms with Gasteiger partial charge in [0.05, 0.1) is 0 Å². The number of allylic oxidation sites excluding steroid dienone is 2. The quantitative estimate of drug-likeness (QED) is 0.205. The second-order valence-corrected chi connectivity index (χ2v) is 6.65. The van der Waals surface area contributed by atoms with Gasteiger partial charge in [0.15, 0.2) is 16.3 Å². The highest BCUT2D eigenvalue weighted by Gasteiger charge is 2.51.